The Balaban J connectivity index is 2.20. The lowest BCUT2D eigenvalue weighted by Gasteiger charge is -2.11. The second-order valence-electron chi connectivity index (χ2n) is 3.85. The summed E-state index contributed by atoms with van der Waals surface area (Å²) < 4.78 is 27.1. The van der Waals surface area contributed by atoms with E-state index in [0.717, 1.165) is 4.88 Å². The second-order valence-corrected chi connectivity index (χ2v) is 6.53. The highest BCUT2D eigenvalue weighted by Crippen LogP contribution is 2.23. The molecule has 0 aliphatic heterocycles. The number of aromatic amines is 1. The van der Waals surface area contributed by atoms with Gasteiger partial charge < -0.3 is 5.32 Å². The Kier molecular flexibility index (Phi) is 4.24. The predicted molar refractivity (Wildman–Crippen MR) is 70.0 cm³/mol. The van der Waals surface area contributed by atoms with Crippen LogP contribution in [0, 0.1) is 0 Å². The Morgan fingerprint density at radius 3 is 2.95 bits per heavy atom. The van der Waals surface area contributed by atoms with Crippen molar-refractivity contribution in [2.24, 2.45) is 0 Å². The minimum atomic E-state index is -3.60. The molecule has 0 aliphatic rings. The summed E-state index contributed by atoms with van der Waals surface area (Å²) in [6.45, 7) is 2.16. The van der Waals surface area contributed by atoms with Gasteiger partial charge in [0.1, 0.15) is 0 Å². The van der Waals surface area contributed by atoms with Gasteiger partial charge in [-0.1, -0.05) is 5.21 Å². The molecule has 1 unspecified atom stereocenters. The van der Waals surface area contributed by atoms with Crippen molar-refractivity contribution in [3.63, 3.8) is 0 Å². The predicted octanol–water partition coefficient (Wildman–Crippen LogP) is 0.0201. The first kappa shape index (κ1) is 14.1. The van der Waals surface area contributed by atoms with Crippen LogP contribution in [0.4, 0.5) is 0 Å². The Morgan fingerprint density at radius 1 is 1.53 bits per heavy atom. The number of hydrogen-bond acceptors (Lipinski definition) is 7. The second kappa shape index (κ2) is 5.74. The molecule has 0 fully saturated rings. The van der Waals surface area contributed by atoms with Crippen LogP contribution in [0.1, 0.15) is 23.7 Å². The van der Waals surface area contributed by atoms with Crippen molar-refractivity contribution in [2.45, 2.75) is 24.4 Å². The van der Waals surface area contributed by atoms with Gasteiger partial charge in [-0.25, -0.2) is 13.1 Å². The fraction of sp³-hybridized carbons (Fsp3) is 0.444. The van der Waals surface area contributed by atoms with Crippen LogP contribution in [0.2, 0.25) is 0 Å². The summed E-state index contributed by atoms with van der Waals surface area (Å²) in [4.78, 5) is 1.04. The van der Waals surface area contributed by atoms with Crippen molar-refractivity contribution in [3.05, 3.63) is 22.1 Å². The van der Waals surface area contributed by atoms with Crippen LogP contribution in [0.25, 0.3) is 0 Å². The van der Waals surface area contributed by atoms with Crippen LogP contribution in [0.15, 0.2) is 16.3 Å². The fourth-order valence-electron chi connectivity index (χ4n) is 1.56. The Hall–Kier alpha value is -1.36. The molecule has 0 amide bonds. The van der Waals surface area contributed by atoms with Crippen molar-refractivity contribution in [2.75, 3.05) is 7.05 Å². The van der Waals surface area contributed by atoms with E-state index in [1.165, 1.54) is 11.3 Å². The number of thiophene rings is 1. The van der Waals surface area contributed by atoms with Gasteiger partial charge in [0.05, 0.1) is 10.9 Å². The molecule has 104 valence electrons. The standard InChI is InChI=1S/C9H14N6O2S2/c1-6(9-11-14-15-12-9)13-19(16,17)8-3-4-18-7(8)5-10-2/h3-4,6,10,13H,5H2,1-2H3,(H,11,12,14,15). The number of nitrogens with one attached hydrogen (secondary N) is 3. The Bertz CT molecular complexity index is 621. The molecule has 3 N–H and O–H groups in total. The van der Waals surface area contributed by atoms with Crippen molar-refractivity contribution in [1.82, 2.24) is 30.7 Å². The molecule has 8 nitrogen and oxygen atoms in total. The maximum absolute atomic E-state index is 12.3. The lowest BCUT2D eigenvalue weighted by molar-refractivity contribution is 0.559. The van der Waals surface area contributed by atoms with E-state index in [1.807, 2.05) is 0 Å². The smallest absolute Gasteiger partial charge is 0.242 e. The zero-order valence-electron chi connectivity index (χ0n) is 10.4. The molecule has 2 aromatic rings. The minimum Gasteiger partial charge on any atom is -0.315 e. The van der Waals surface area contributed by atoms with E-state index in [1.54, 1.807) is 25.4 Å². The third-order valence-electron chi connectivity index (χ3n) is 2.41. The largest absolute Gasteiger partial charge is 0.315 e. The molecule has 19 heavy (non-hydrogen) atoms. The summed E-state index contributed by atoms with van der Waals surface area (Å²) in [5, 5.41) is 17.9. The molecule has 1 atom stereocenters. The monoisotopic (exact) mass is 302 g/mol. The highest BCUT2D eigenvalue weighted by Gasteiger charge is 2.23. The highest BCUT2D eigenvalue weighted by atomic mass is 32.2. The lowest BCUT2D eigenvalue weighted by Crippen LogP contribution is -2.28. The third-order valence-corrected chi connectivity index (χ3v) is 5.09. The van der Waals surface area contributed by atoms with E-state index < -0.39 is 16.1 Å². The summed E-state index contributed by atoms with van der Waals surface area (Å²) in [7, 11) is -1.83. The van der Waals surface area contributed by atoms with Crippen LogP contribution in [0.3, 0.4) is 0 Å². The first-order valence-corrected chi connectivity index (χ1v) is 7.87. The summed E-state index contributed by atoms with van der Waals surface area (Å²) in [5.74, 6) is 0.300. The van der Waals surface area contributed by atoms with E-state index in [0.29, 0.717) is 12.4 Å². The zero-order chi connectivity index (χ0) is 13.9. The molecular formula is C9H14N6O2S2. The summed E-state index contributed by atoms with van der Waals surface area (Å²) in [6, 6.07) is 1.04. The Morgan fingerprint density at radius 2 is 2.32 bits per heavy atom. The molecule has 2 rings (SSSR count). The number of tetrazole rings is 1. The van der Waals surface area contributed by atoms with Gasteiger partial charge in [-0.3, -0.25) is 0 Å². The van der Waals surface area contributed by atoms with Crippen molar-refractivity contribution in [3.8, 4) is 0 Å². The zero-order valence-corrected chi connectivity index (χ0v) is 12.0. The number of H-pyrrole nitrogens is 1. The van der Waals surface area contributed by atoms with Gasteiger partial charge in [0.2, 0.25) is 10.0 Å². The number of nitrogens with zero attached hydrogens (tertiary/aromatic N) is 3. The number of rotatable bonds is 6. The first-order valence-electron chi connectivity index (χ1n) is 5.51. The van der Waals surface area contributed by atoms with E-state index in [2.05, 4.69) is 30.7 Å². The first-order chi connectivity index (χ1) is 9.04. The van der Waals surface area contributed by atoms with Crippen molar-refractivity contribution in [1.29, 1.82) is 0 Å². The van der Waals surface area contributed by atoms with E-state index in [9.17, 15) is 8.42 Å². The van der Waals surface area contributed by atoms with Crippen LogP contribution in [0.5, 0.6) is 0 Å². The van der Waals surface area contributed by atoms with Crippen LogP contribution in [-0.2, 0) is 16.6 Å². The van der Waals surface area contributed by atoms with Gasteiger partial charge in [0, 0.05) is 11.4 Å². The SMILES string of the molecule is CNCc1sccc1S(=O)(=O)NC(C)c1nn[nH]n1. The summed E-state index contributed by atoms with van der Waals surface area (Å²) >= 11 is 1.39. The molecule has 0 aromatic carbocycles. The van der Waals surface area contributed by atoms with E-state index in [4.69, 9.17) is 0 Å². The average molecular weight is 302 g/mol. The van der Waals surface area contributed by atoms with Crippen LogP contribution >= 0.6 is 11.3 Å². The molecule has 0 saturated carbocycles. The molecule has 0 radical (unpaired) electrons. The van der Waals surface area contributed by atoms with Gasteiger partial charge in [-0.05, 0) is 25.4 Å². The lowest BCUT2D eigenvalue weighted by atomic mass is 10.4. The van der Waals surface area contributed by atoms with Crippen molar-refractivity contribution >= 4 is 21.4 Å². The molecular weight excluding hydrogens is 288 g/mol. The maximum atomic E-state index is 12.3. The number of aromatic nitrogens is 4. The summed E-state index contributed by atoms with van der Waals surface area (Å²) in [5.41, 5.74) is 0. The van der Waals surface area contributed by atoms with Gasteiger partial charge in [0.15, 0.2) is 5.82 Å². The van der Waals surface area contributed by atoms with Gasteiger partial charge in [-0.15, -0.1) is 21.5 Å². The van der Waals surface area contributed by atoms with Crippen molar-refractivity contribution < 1.29 is 8.42 Å². The van der Waals surface area contributed by atoms with Gasteiger partial charge in [0.25, 0.3) is 0 Å². The molecule has 0 aliphatic carbocycles. The average Bonchev–Trinajstić information content (AvgIpc) is 2.99. The van der Waals surface area contributed by atoms with E-state index in [-0.39, 0.29) is 4.90 Å². The number of hydrogen-bond donors (Lipinski definition) is 3. The summed E-state index contributed by atoms with van der Waals surface area (Å²) in [6.07, 6.45) is 0. The van der Waals surface area contributed by atoms with Gasteiger partial charge >= 0.3 is 0 Å². The molecule has 2 heterocycles. The van der Waals surface area contributed by atoms with Crippen LogP contribution < -0.4 is 10.0 Å². The van der Waals surface area contributed by atoms with E-state index >= 15 is 0 Å². The normalized spacial score (nSPS) is 13.6. The topological polar surface area (TPSA) is 113 Å². The van der Waals surface area contributed by atoms with Crippen LogP contribution in [-0.4, -0.2) is 36.1 Å². The minimum absolute atomic E-state index is 0.280. The molecule has 10 heteroatoms. The highest BCUT2D eigenvalue weighted by molar-refractivity contribution is 7.89. The maximum Gasteiger partial charge on any atom is 0.242 e. The molecule has 2 aromatic heterocycles. The Labute approximate surface area is 114 Å². The quantitative estimate of drug-likeness (QED) is 0.693. The third kappa shape index (κ3) is 3.15. The molecule has 0 saturated heterocycles. The van der Waals surface area contributed by atoms with Gasteiger partial charge in [-0.2, -0.15) is 5.21 Å². The molecule has 0 spiro atoms. The fourth-order valence-corrected chi connectivity index (χ4v) is 4.22. The number of sulfonamides is 1. The molecule has 0 bridgehead atoms.